The Balaban J connectivity index is 1.08. The Labute approximate surface area is 561 Å². The molecule has 7 rings (SSSR count). The fraction of sp³-hybridized carbons (Fsp3) is 0.304. The summed E-state index contributed by atoms with van der Waals surface area (Å²) in [6.45, 7) is 1.62. The van der Waals surface area contributed by atoms with Crippen LogP contribution in [0, 0.1) is 0 Å². The lowest BCUT2D eigenvalue weighted by molar-refractivity contribution is -0.127. The van der Waals surface area contributed by atoms with E-state index in [0.717, 1.165) is 33.4 Å². The van der Waals surface area contributed by atoms with Gasteiger partial charge in [-0.2, -0.15) is 0 Å². The maximum absolute atomic E-state index is 13.6. The minimum atomic E-state index is -1.72. The first-order valence-corrected chi connectivity index (χ1v) is 31.4. The lowest BCUT2D eigenvalue weighted by Gasteiger charge is -2.19. The molecule has 7 aromatic carbocycles. The number of nitrogens with one attached hydrogen (secondary N) is 6. The average Bonchev–Trinajstić information content (AvgIpc) is 0.794. The van der Waals surface area contributed by atoms with E-state index >= 15 is 0 Å². The number of nitrogens with two attached hydrogens (primary N) is 3. The summed E-state index contributed by atoms with van der Waals surface area (Å²) >= 11 is 0. The molecule has 0 fully saturated rings. The predicted molar refractivity (Wildman–Crippen MR) is 373 cm³/mol. The quantitative estimate of drug-likeness (QED) is 0.0216. The van der Waals surface area contributed by atoms with Crippen molar-refractivity contribution in [2.45, 2.75) is 96.3 Å². The van der Waals surface area contributed by atoms with Crippen LogP contribution in [0.25, 0.3) is 33.4 Å². The standard InChI is InChI=1S/C69H87B3N12O12/c1-82(2)40-49-22-19-43(25-58(49)70(91)92)34-79-67(88)61(73)31-64(85)76-37-46-13-7-10-16-55(46)52-28-53(56-17-11-8-14-47(56)38-77-65(86)32-62(74)68(89)80-35-44-20-23-50(41-83(3)4)59(26-44)71(93)94)30-54(29-52)57-18-12-9-15-48(57)39-78-66(87)33-63(75)69(90)81-36-45-21-24-51(42-84(5)6)60(27-45)72(95)96/h7-30,61-63,91-96H,31-42,73-75H2,1-6H3,(H,76,85)(H,77,86)(H,78,87)(H,79,88)(H,80,89)(H,81,90). The topological polar surface area (TPSA) is 384 Å². The zero-order chi connectivity index (χ0) is 69.8. The van der Waals surface area contributed by atoms with Gasteiger partial charge in [-0.05, 0) is 160 Å². The number of hydrogen-bond donors (Lipinski definition) is 15. The van der Waals surface area contributed by atoms with E-state index in [-0.39, 0.29) is 58.5 Å². The van der Waals surface area contributed by atoms with Crippen LogP contribution in [0.1, 0.15) is 69.3 Å². The van der Waals surface area contributed by atoms with Gasteiger partial charge in [-0.15, -0.1) is 0 Å². The molecule has 0 bridgehead atoms. The van der Waals surface area contributed by atoms with Gasteiger partial charge in [-0.1, -0.05) is 127 Å². The summed E-state index contributed by atoms with van der Waals surface area (Å²) < 4.78 is 0. The Morgan fingerprint density at radius 1 is 0.344 bits per heavy atom. The molecule has 0 heterocycles. The van der Waals surface area contributed by atoms with Crippen LogP contribution in [-0.4, -0.2) is 162 Å². The molecule has 96 heavy (non-hydrogen) atoms. The van der Waals surface area contributed by atoms with Crippen molar-refractivity contribution in [1.29, 1.82) is 0 Å². The van der Waals surface area contributed by atoms with E-state index in [9.17, 15) is 58.9 Å². The fourth-order valence-electron chi connectivity index (χ4n) is 11.0. The van der Waals surface area contributed by atoms with Crippen molar-refractivity contribution < 1.29 is 58.9 Å². The van der Waals surface area contributed by atoms with Gasteiger partial charge in [0.05, 0.1) is 37.4 Å². The molecule has 0 aromatic heterocycles. The second-order valence-corrected chi connectivity index (χ2v) is 24.6. The summed E-state index contributed by atoms with van der Waals surface area (Å²) in [5, 5.41) is 77.2. The molecule has 6 amide bonds. The number of rotatable bonds is 33. The summed E-state index contributed by atoms with van der Waals surface area (Å²) in [4.78, 5) is 86.1. The molecule has 0 radical (unpaired) electrons. The van der Waals surface area contributed by atoms with Gasteiger partial charge in [0.25, 0.3) is 0 Å². The van der Waals surface area contributed by atoms with E-state index in [1.165, 1.54) is 0 Å². The van der Waals surface area contributed by atoms with Gasteiger partial charge >= 0.3 is 21.4 Å². The first-order valence-electron chi connectivity index (χ1n) is 31.4. The Morgan fingerprint density at radius 2 is 0.594 bits per heavy atom. The monoisotopic (exact) mass is 1310 g/mol. The molecule has 0 aliphatic rings. The minimum absolute atomic E-state index is 0.0297. The average molecular weight is 1310 g/mol. The van der Waals surface area contributed by atoms with Crippen molar-refractivity contribution in [3.05, 3.63) is 196 Å². The second-order valence-electron chi connectivity index (χ2n) is 24.6. The molecule has 24 nitrogen and oxygen atoms in total. The van der Waals surface area contributed by atoms with Crippen LogP contribution in [0.2, 0.25) is 0 Å². The normalized spacial score (nSPS) is 12.2. The van der Waals surface area contributed by atoms with Crippen molar-refractivity contribution >= 4 is 73.2 Å². The van der Waals surface area contributed by atoms with Crippen molar-refractivity contribution in [2.75, 3.05) is 42.3 Å². The number of carbonyl (C=O) groups excluding carboxylic acids is 6. The Morgan fingerprint density at radius 3 is 0.833 bits per heavy atom. The molecule has 0 saturated carbocycles. The first kappa shape index (κ1) is 74.5. The van der Waals surface area contributed by atoms with Crippen molar-refractivity contribution in [3.8, 4) is 33.4 Å². The van der Waals surface area contributed by atoms with Crippen LogP contribution in [0.15, 0.2) is 146 Å². The molecular weight excluding hydrogens is 1220 g/mol. The lowest BCUT2D eigenvalue weighted by atomic mass is 9.76. The summed E-state index contributed by atoms with van der Waals surface area (Å²) in [7, 11) is 5.99. The number of benzene rings is 7. The van der Waals surface area contributed by atoms with Gasteiger partial charge in [-0.25, -0.2) is 0 Å². The summed E-state index contributed by atoms with van der Waals surface area (Å²) in [6, 6.07) is 40.1. The van der Waals surface area contributed by atoms with Crippen molar-refractivity contribution in [3.63, 3.8) is 0 Å². The van der Waals surface area contributed by atoms with E-state index in [4.69, 9.17) is 17.2 Å². The van der Waals surface area contributed by atoms with Crippen LogP contribution in [0.4, 0.5) is 0 Å². The highest BCUT2D eigenvalue weighted by molar-refractivity contribution is 6.60. The molecule has 27 heteroatoms. The maximum atomic E-state index is 13.6. The third-order valence-electron chi connectivity index (χ3n) is 15.9. The second kappa shape index (κ2) is 35.7. The molecular formula is C69H87B3N12O12. The predicted octanol–water partition coefficient (Wildman–Crippen LogP) is -1.14. The highest BCUT2D eigenvalue weighted by atomic mass is 16.4. The molecule has 3 atom stereocenters. The van der Waals surface area contributed by atoms with Crippen molar-refractivity contribution in [2.24, 2.45) is 17.2 Å². The van der Waals surface area contributed by atoms with Gasteiger partial charge in [0.1, 0.15) is 0 Å². The molecule has 0 spiro atoms. The highest BCUT2D eigenvalue weighted by Gasteiger charge is 2.25. The Hall–Kier alpha value is -8.93. The summed E-state index contributed by atoms with van der Waals surface area (Å²) in [6.07, 6.45) is -1.02. The van der Waals surface area contributed by atoms with Gasteiger partial charge < -0.3 is 93.9 Å². The van der Waals surface area contributed by atoms with Gasteiger partial charge in [0.15, 0.2) is 0 Å². The molecule has 7 aromatic rings. The SMILES string of the molecule is CN(C)Cc1ccc(CNC(=O)C(N)CC(=O)NCc2ccccc2-c2cc(-c3ccccc3CNC(=O)CC(N)C(=O)NCc3ccc(CN(C)C)c(B(O)O)c3)cc(-c3ccccc3CNC(=O)CC(N)C(=O)NCc3ccc(CN(C)C)c(B(O)O)c3)c2)cc1B(O)O. The summed E-state index contributed by atoms with van der Waals surface area (Å²) in [5.41, 5.74) is 30.2. The lowest BCUT2D eigenvalue weighted by Crippen LogP contribution is -2.43. The van der Waals surface area contributed by atoms with Crippen molar-refractivity contribution in [1.82, 2.24) is 46.6 Å². The van der Waals surface area contributed by atoms with E-state index in [2.05, 4.69) is 31.9 Å². The van der Waals surface area contributed by atoms with Crippen LogP contribution in [0.3, 0.4) is 0 Å². The van der Waals surface area contributed by atoms with E-state index in [1.807, 2.05) is 148 Å². The molecule has 0 aliphatic carbocycles. The van der Waals surface area contributed by atoms with Gasteiger partial charge in [0, 0.05) is 58.9 Å². The largest absolute Gasteiger partial charge is 0.488 e. The zero-order valence-corrected chi connectivity index (χ0v) is 55.0. The number of amides is 6. The highest BCUT2D eigenvalue weighted by Crippen LogP contribution is 2.37. The molecule has 18 N–H and O–H groups in total. The summed E-state index contributed by atoms with van der Waals surface area (Å²) in [5.74, 6) is -3.21. The van der Waals surface area contributed by atoms with Gasteiger partial charge in [0.2, 0.25) is 35.4 Å². The van der Waals surface area contributed by atoms with Crippen LogP contribution < -0.4 is 65.5 Å². The minimum Gasteiger partial charge on any atom is -0.423 e. The molecule has 0 aliphatic heterocycles. The number of hydrogen-bond acceptors (Lipinski definition) is 18. The van der Waals surface area contributed by atoms with E-state index in [0.29, 0.717) is 86.1 Å². The first-order chi connectivity index (χ1) is 45.7. The van der Waals surface area contributed by atoms with Crippen LogP contribution in [-0.2, 0) is 87.7 Å². The van der Waals surface area contributed by atoms with E-state index in [1.54, 1.807) is 54.6 Å². The maximum Gasteiger partial charge on any atom is 0.488 e. The Kier molecular flexibility index (Phi) is 27.7. The third kappa shape index (κ3) is 22.1. The van der Waals surface area contributed by atoms with Crippen LogP contribution in [0.5, 0.6) is 0 Å². The number of nitrogens with zero attached hydrogens (tertiary/aromatic N) is 3. The molecule has 504 valence electrons. The number of carbonyl (C=O) groups is 6. The van der Waals surface area contributed by atoms with E-state index < -0.39 is 74.9 Å². The Bertz CT molecular complexity index is 3460. The molecule has 3 unspecified atom stereocenters. The fourth-order valence-corrected chi connectivity index (χ4v) is 11.0. The zero-order valence-electron chi connectivity index (χ0n) is 55.0. The smallest absolute Gasteiger partial charge is 0.423 e. The van der Waals surface area contributed by atoms with Crippen LogP contribution >= 0.6 is 0 Å². The van der Waals surface area contributed by atoms with Gasteiger partial charge in [-0.3, -0.25) is 28.8 Å². The third-order valence-corrected chi connectivity index (χ3v) is 15.9. The molecule has 0 saturated heterocycles.